The Balaban J connectivity index is 2.44. The third-order valence-corrected chi connectivity index (χ3v) is 2.85. The van der Waals surface area contributed by atoms with Gasteiger partial charge in [0.05, 0.1) is 6.61 Å². The Bertz CT molecular complexity index is 327. The quantitative estimate of drug-likeness (QED) is 0.744. The maximum absolute atomic E-state index is 12.4. The van der Waals surface area contributed by atoms with Crippen LogP contribution in [0.4, 0.5) is 8.78 Å². The van der Waals surface area contributed by atoms with Crippen LogP contribution in [-0.2, 0) is 6.54 Å². The Kier molecular flexibility index (Phi) is 2.39. The normalized spacial score (nSPS) is 15.7. The van der Waals surface area contributed by atoms with Crippen molar-refractivity contribution in [2.75, 3.05) is 6.61 Å². The summed E-state index contributed by atoms with van der Waals surface area (Å²) in [7, 11) is 0. The highest BCUT2D eigenvalue weighted by Crippen LogP contribution is 2.32. The second-order valence-corrected chi connectivity index (χ2v) is 3.81. The van der Waals surface area contributed by atoms with Gasteiger partial charge in [0.15, 0.2) is 0 Å². The number of hydrogen-bond acceptors (Lipinski definition) is 2. The van der Waals surface area contributed by atoms with Gasteiger partial charge in [0.25, 0.3) is 6.43 Å². The van der Waals surface area contributed by atoms with Crippen LogP contribution in [0.25, 0.3) is 0 Å². The zero-order valence-electron chi connectivity index (χ0n) is 6.64. The van der Waals surface area contributed by atoms with Crippen LogP contribution >= 0.6 is 22.6 Å². The summed E-state index contributed by atoms with van der Waals surface area (Å²) >= 11 is 1.85. The largest absolute Gasteiger partial charge is 0.477 e. The molecule has 0 fully saturated rings. The summed E-state index contributed by atoms with van der Waals surface area (Å²) in [4.78, 5) is 0. The average molecular weight is 300 g/mol. The van der Waals surface area contributed by atoms with Crippen molar-refractivity contribution in [1.29, 1.82) is 0 Å². The van der Waals surface area contributed by atoms with Crippen LogP contribution in [0, 0.1) is 3.57 Å². The van der Waals surface area contributed by atoms with E-state index in [4.69, 9.17) is 4.74 Å². The Labute approximate surface area is 87.2 Å². The van der Waals surface area contributed by atoms with E-state index in [1.54, 1.807) is 0 Å². The average Bonchev–Trinajstić information content (AvgIpc) is 2.45. The lowest BCUT2D eigenvalue weighted by Gasteiger charge is -2.14. The summed E-state index contributed by atoms with van der Waals surface area (Å²) in [5.41, 5.74) is -0.169. The Morgan fingerprint density at radius 1 is 1.54 bits per heavy atom. The van der Waals surface area contributed by atoms with Crippen LogP contribution in [0.15, 0.2) is 0 Å². The van der Waals surface area contributed by atoms with Gasteiger partial charge in [0.2, 0.25) is 5.88 Å². The molecule has 0 N–H and O–H groups in total. The first-order valence-electron chi connectivity index (χ1n) is 3.87. The standard InChI is InChI=1S/C7H7F2IN2O/c8-6(9)5-4(10)7-12(11-5)2-1-3-13-7/h6H,1-3H2. The number of rotatable bonds is 1. The van der Waals surface area contributed by atoms with E-state index in [0.29, 0.717) is 22.6 Å². The molecule has 13 heavy (non-hydrogen) atoms. The van der Waals surface area contributed by atoms with Crippen molar-refractivity contribution in [3.63, 3.8) is 0 Å². The minimum Gasteiger partial charge on any atom is -0.477 e. The van der Waals surface area contributed by atoms with Crippen LogP contribution in [0.2, 0.25) is 0 Å². The molecule has 0 unspecified atom stereocenters. The number of fused-ring (bicyclic) bond motifs is 1. The molecule has 0 aliphatic carbocycles. The summed E-state index contributed by atoms with van der Waals surface area (Å²) in [5.74, 6) is 0.488. The van der Waals surface area contributed by atoms with Gasteiger partial charge in [-0.2, -0.15) is 5.10 Å². The Morgan fingerprint density at radius 3 is 2.92 bits per heavy atom. The molecule has 1 aromatic heterocycles. The van der Waals surface area contributed by atoms with Crippen LogP contribution in [0.5, 0.6) is 5.88 Å². The van der Waals surface area contributed by atoms with E-state index < -0.39 is 6.43 Å². The molecular formula is C7H7F2IN2O. The lowest BCUT2D eigenvalue weighted by atomic mass is 10.4. The van der Waals surface area contributed by atoms with Gasteiger partial charge in [-0.3, -0.25) is 0 Å². The van der Waals surface area contributed by atoms with Crippen LogP contribution in [-0.4, -0.2) is 16.4 Å². The fraction of sp³-hybridized carbons (Fsp3) is 0.571. The highest BCUT2D eigenvalue weighted by molar-refractivity contribution is 14.1. The Hall–Kier alpha value is -0.400. The molecular weight excluding hydrogens is 293 g/mol. The first kappa shape index (κ1) is 9.17. The highest BCUT2D eigenvalue weighted by atomic mass is 127. The van der Waals surface area contributed by atoms with Crippen LogP contribution in [0.1, 0.15) is 18.5 Å². The van der Waals surface area contributed by atoms with Gasteiger partial charge in [-0.05, 0) is 22.6 Å². The molecule has 2 rings (SSSR count). The summed E-state index contributed by atoms with van der Waals surface area (Å²) in [5, 5.41) is 3.78. The van der Waals surface area contributed by atoms with Gasteiger partial charge in [-0.15, -0.1) is 0 Å². The molecule has 2 heterocycles. The fourth-order valence-electron chi connectivity index (χ4n) is 1.25. The molecule has 6 heteroatoms. The van der Waals surface area contributed by atoms with Gasteiger partial charge in [0, 0.05) is 13.0 Å². The van der Waals surface area contributed by atoms with E-state index in [1.165, 1.54) is 4.68 Å². The molecule has 72 valence electrons. The van der Waals surface area contributed by atoms with Gasteiger partial charge in [-0.1, -0.05) is 0 Å². The molecule has 0 saturated carbocycles. The van der Waals surface area contributed by atoms with Crippen molar-refractivity contribution in [2.45, 2.75) is 19.4 Å². The molecule has 0 aromatic carbocycles. The van der Waals surface area contributed by atoms with E-state index in [2.05, 4.69) is 5.10 Å². The maximum atomic E-state index is 12.4. The number of ether oxygens (including phenoxy) is 1. The van der Waals surface area contributed by atoms with Crippen molar-refractivity contribution in [2.24, 2.45) is 0 Å². The van der Waals surface area contributed by atoms with Gasteiger partial charge in [-0.25, -0.2) is 13.5 Å². The molecule has 1 aliphatic heterocycles. The van der Waals surface area contributed by atoms with Crippen molar-refractivity contribution >= 4 is 22.6 Å². The maximum Gasteiger partial charge on any atom is 0.283 e. The number of nitrogens with zero attached hydrogens (tertiary/aromatic N) is 2. The minimum absolute atomic E-state index is 0.169. The number of hydrogen-bond donors (Lipinski definition) is 0. The topological polar surface area (TPSA) is 27.1 Å². The molecule has 1 aliphatic rings. The third kappa shape index (κ3) is 1.51. The molecule has 1 aromatic rings. The lowest BCUT2D eigenvalue weighted by molar-refractivity contribution is 0.144. The van der Waals surface area contributed by atoms with E-state index in [0.717, 1.165) is 6.42 Å². The van der Waals surface area contributed by atoms with Crippen molar-refractivity contribution < 1.29 is 13.5 Å². The highest BCUT2D eigenvalue weighted by Gasteiger charge is 2.24. The molecule has 3 nitrogen and oxygen atoms in total. The predicted octanol–water partition coefficient (Wildman–Crippen LogP) is 2.21. The summed E-state index contributed by atoms with van der Waals surface area (Å²) in [6.45, 7) is 1.25. The monoisotopic (exact) mass is 300 g/mol. The van der Waals surface area contributed by atoms with Crippen LogP contribution in [0.3, 0.4) is 0 Å². The Morgan fingerprint density at radius 2 is 2.31 bits per heavy atom. The molecule has 0 saturated heterocycles. The molecule has 0 atom stereocenters. The summed E-state index contributed by atoms with van der Waals surface area (Å²) in [6, 6.07) is 0. The second kappa shape index (κ2) is 3.39. The first-order valence-corrected chi connectivity index (χ1v) is 4.95. The fourth-order valence-corrected chi connectivity index (χ4v) is 2.03. The second-order valence-electron chi connectivity index (χ2n) is 2.73. The van der Waals surface area contributed by atoms with E-state index in [-0.39, 0.29) is 5.69 Å². The third-order valence-electron chi connectivity index (χ3n) is 1.84. The summed E-state index contributed by atoms with van der Waals surface area (Å²) < 4.78 is 31.9. The van der Waals surface area contributed by atoms with Crippen molar-refractivity contribution in [3.8, 4) is 5.88 Å². The van der Waals surface area contributed by atoms with E-state index in [9.17, 15) is 8.78 Å². The van der Waals surface area contributed by atoms with Gasteiger partial charge < -0.3 is 4.74 Å². The van der Waals surface area contributed by atoms with Gasteiger partial charge in [0.1, 0.15) is 9.26 Å². The lowest BCUT2D eigenvalue weighted by Crippen LogP contribution is -2.15. The van der Waals surface area contributed by atoms with Gasteiger partial charge >= 0.3 is 0 Å². The number of aryl methyl sites for hydroxylation is 1. The molecule has 0 spiro atoms. The van der Waals surface area contributed by atoms with Crippen molar-refractivity contribution in [3.05, 3.63) is 9.26 Å². The molecule has 0 bridgehead atoms. The zero-order chi connectivity index (χ0) is 9.42. The molecule has 0 radical (unpaired) electrons. The number of alkyl halides is 2. The van der Waals surface area contributed by atoms with E-state index in [1.807, 2.05) is 22.6 Å². The number of halogens is 3. The minimum atomic E-state index is -2.52. The number of aromatic nitrogens is 2. The predicted molar refractivity (Wildman–Crippen MR) is 50.0 cm³/mol. The molecule has 0 amide bonds. The van der Waals surface area contributed by atoms with Crippen molar-refractivity contribution in [1.82, 2.24) is 9.78 Å². The smallest absolute Gasteiger partial charge is 0.283 e. The summed E-state index contributed by atoms with van der Waals surface area (Å²) in [6.07, 6.45) is -1.69. The first-order chi connectivity index (χ1) is 6.20. The zero-order valence-corrected chi connectivity index (χ0v) is 8.79. The van der Waals surface area contributed by atoms with E-state index >= 15 is 0 Å². The van der Waals surface area contributed by atoms with Crippen LogP contribution < -0.4 is 4.74 Å². The SMILES string of the molecule is FC(F)c1nn2c(c1I)OCCC2.